The monoisotopic (exact) mass is 1320 g/mol. The number of allylic oxidation sites excluding steroid dienone is 1. The maximum Gasteiger partial charge on any atom is 0.220 e. The van der Waals surface area contributed by atoms with Gasteiger partial charge < -0.3 is 65.1 Å². The molecule has 0 radical (unpaired) electrons. The maximum atomic E-state index is 13.4. The van der Waals surface area contributed by atoms with Gasteiger partial charge >= 0.3 is 0 Å². The van der Waals surface area contributed by atoms with E-state index < -0.39 is 86.8 Å². The minimum atomic E-state index is -1.79. The number of amides is 1. The molecular formula is C79H153NO13. The van der Waals surface area contributed by atoms with Gasteiger partial charge in [-0.3, -0.25) is 4.79 Å². The summed E-state index contributed by atoms with van der Waals surface area (Å²) in [6, 6.07) is -0.912. The SMILES string of the molecule is CCCCCCCCCCCCCCCCCCCCC/C=C/C(O)C(COC1OC(CO)C(OC2OC(CO)C(O)C(O)C2O)C(O)C1O)NC(=O)CCCCCCCCCCCCCCCCCCCCCCCCCCCCCCCCCCCCCCCC. The Hall–Kier alpha value is -1.27. The molecule has 0 saturated carbocycles. The highest BCUT2D eigenvalue weighted by Gasteiger charge is 2.51. The van der Waals surface area contributed by atoms with Crippen molar-refractivity contribution in [3.8, 4) is 0 Å². The van der Waals surface area contributed by atoms with Crippen LogP contribution in [0, 0.1) is 0 Å². The van der Waals surface area contributed by atoms with Crippen LogP contribution in [0.25, 0.3) is 0 Å². The van der Waals surface area contributed by atoms with Crippen molar-refractivity contribution in [1.82, 2.24) is 5.32 Å². The summed E-state index contributed by atoms with van der Waals surface area (Å²) in [7, 11) is 0. The van der Waals surface area contributed by atoms with E-state index in [4.69, 9.17) is 18.9 Å². The van der Waals surface area contributed by atoms with Crippen LogP contribution in [-0.2, 0) is 23.7 Å². The molecule has 1 amide bonds. The number of unbranched alkanes of at least 4 members (excludes halogenated alkanes) is 56. The molecule has 0 spiro atoms. The van der Waals surface area contributed by atoms with Crippen LogP contribution in [0.5, 0.6) is 0 Å². The highest BCUT2D eigenvalue weighted by atomic mass is 16.7. The van der Waals surface area contributed by atoms with Gasteiger partial charge in [0.15, 0.2) is 12.6 Å². The first-order chi connectivity index (χ1) is 45.6. The molecule has 0 aromatic heterocycles. The van der Waals surface area contributed by atoms with E-state index in [-0.39, 0.29) is 18.9 Å². The zero-order chi connectivity index (χ0) is 67.3. The van der Waals surface area contributed by atoms with Crippen LogP contribution in [0.4, 0.5) is 0 Å². The molecule has 14 heteroatoms. The first-order valence-corrected chi connectivity index (χ1v) is 40.4. The van der Waals surface area contributed by atoms with Crippen LogP contribution < -0.4 is 5.32 Å². The number of aliphatic hydroxyl groups excluding tert-OH is 8. The van der Waals surface area contributed by atoms with E-state index in [0.29, 0.717) is 0 Å². The number of hydrogen-bond donors (Lipinski definition) is 9. The summed E-state index contributed by atoms with van der Waals surface area (Å²) in [4.78, 5) is 13.4. The zero-order valence-corrected chi connectivity index (χ0v) is 60.5. The predicted octanol–water partition coefficient (Wildman–Crippen LogP) is 18.1. The van der Waals surface area contributed by atoms with Crippen molar-refractivity contribution in [2.45, 2.75) is 466 Å². The lowest BCUT2D eigenvalue weighted by molar-refractivity contribution is -0.359. The molecule has 12 atom stereocenters. The summed E-state index contributed by atoms with van der Waals surface area (Å²) in [5, 5.41) is 87.6. The van der Waals surface area contributed by atoms with Crippen LogP contribution in [0.15, 0.2) is 12.2 Å². The number of rotatable bonds is 69. The average molecular weight is 1330 g/mol. The average Bonchev–Trinajstić information content (AvgIpc) is 0.843. The van der Waals surface area contributed by atoms with Crippen LogP contribution >= 0.6 is 0 Å². The van der Waals surface area contributed by atoms with Gasteiger partial charge in [-0.2, -0.15) is 0 Å². The molecule has 2 fully saturated rings. The van der Waals surface area contributed by atoms with Crippen molar-refractivity contribution >= 4 is 5.91 Å². The third-order valence-corrected chi connectivity index (χ3v) is 20.2. The molecule has 0 bridgehead atoms. The summed E-state index contributed by atoms with van der Waals surface area (Å²) >= 11 is 0. The van der Waals surface area contributed by atoms with Gasteiger partial charge in [0, 0.05) is 6.42 Å². The molecule has 12 unspecified atom stereocenters. The molecule has 2 saturated heterocycles. The number of carbonyl (C=O) groups excluding carboxylic acids is 1. The fraction of sp³-hybridized carbons (Fsp3) is 0.962. The van der Waals surface area contributed by atoms with Gasteiger partial charge in [-0.15, -0.1) is 0 Å². The minimum Gasteiger partial charge on any atom is -0.394 e. The number of aliphatic hydroxyl groups is 8. The Morgan fingerprint density at radius 2 is 0.667 bits per heavy atom. The zero-order valence-electron chi connectivity index (χ0n) is 60.5. The van der Waals surface area contributed by atoms with E-state index in [0.717, 1.165) is 44.9 Å². The highest BCUT2D eigenvalue weighted by molar-refractivity contribution is 5.76. The van der Waals surface area contributed by atoms with Gasteiger partial charge in [0.1, 0.15) is 48.8 Å². The van der Waals surface area contributed by atoms with Crippen LogP contribution in [-0.4, -0.2) is 140 Å². The molecule has 9 N–H and O–H groups in total. The Labute approximate surface area is 571 Å². The molecule has 2 rings (SSSR count). The fourth-order valence-corrected chi connectivity index (χ4v) is 13.8. The molecule has 552 valence electrons. The molecule has 2 heterocycles. The van der Waals surface area contributed by atoms with Crippen LogP contribution in [0.3, 0.4) is 0 Å². The topological polar surface area (TPSA) is 228 Å². The second-order valence-corrected chi connectivity index (χ2v) is 28.9. The largest absolute Gasteiger partial charge is 0.394 e. The third kappa shape index (κ3) is 47.4. The summed E-state index contributed by atoms with van der Waals surface area (Å²) in [5.41, 5.74) is 0. The summed E-state index contributed by atoms with van der Waals surface area (Å²) in [6.07, 6.45) is 64.6. The lowest BCUT2D eigenvalue weighted by Gasteiger charge is -2.46. The lowest BCUT2D eigenvalue weighted by atomic mass is 9.97. The Morgan fingerprint density at radius 3 is 0.989 bits per heavy atom. The van der Waals surface area contributed by atoms with E-state index in [2.05, 4.69) is 19.2 Å². The van der Waals surface area contributed by atoms with Crippen molar-refractivity contribution in [2.24, 2.45) is 0 Å². The molecule has 14 nitrogen and oxygen atoms in total. The molecule has 0 aromatic rings. The van der Waals surface area contributed by atoms with Crippen LogP contribution in [0.2, 0.25) is 0 Å². The van der Waals surface area contributed by atoms with Crippen molar-refractivity contribution in [3.05, 3.63) is 12.2 Å². The minimum absolute atomic E-state index is 0.229. The predicted molar refractivity (Wildman–Crippen MR) is 383 cm³/mol. The van der Waals surface area contributed by atoms with Gasteiger partial charge in [0.25, 0.3) is 0 Å². The number of ether oxygens (including phenoxy) is 4. The highest BCUT2D eigenvalue weighted by Crippen LogP contribution is 2.30. The first-order valence-electron chi connectivity index (χ1n) is 40.4. The molecule has 0 aliphatic carbocycles. The van der Waals surface area contributed by atoms with Crippen LogP contribution in [0.1, 0.15) is 393 Å². The number of nitrogens with one attached hydrogen (secondary N) is 1. The maximum absolute atomic E-state index is 13.4. The quantitative estimate of drug-likeness (QED) is 0.0204. The first kappa shape index (κ1) is 87.8. The molecular weight excluding hydrogens is 1170 g/mol. The Bertz CT molecular complexity index is 1610. The van der Waals surface area contributed by atoms with Crippen molar-refractivity contribution in [2.75, 3.05) is 19.8 Å². The summed E-state index contributed by atoms with van der Waals surface area (Å²) in [5.74, 6) is -0.229. The third-order valence-electron chi connectivity index (χ3n) is 20.2. The number of carbonyl (C=O) groups is 1. The van der Waals surface area contributed by atoms with E-state index >= 15 is 0 Å². The van der Waals surface area contributed by atoms with Gasteiger partial charge in [-0.25, -0.2) is 0 Å². The fourth-order valence-electron chi connectivity index (χ4n) is 13.8. The van der Waals surface area contributed by atoms with Gasteiger partial charge in [-0.1, -0.05) is 379 Å². The molecule has 2 aliphatic heterocycles. The molecule has 93 heavy (non-hydrogen) atoms. The van der Waals surface area contributed by atoms with Gasteiger partial charge in [0.2, 0.25) is 5.91 Å². The summed E-state index contributed by atoms with van der Waals surface area (Å²) < 4.78 is 22.9. The van der Waals surface area contributed by atoms with E-state index in [9.17, 15) is 45.6 Å². The van der Waals surface area contributed by atoms with Crippen molar-refractivity contribution in [1.29, 1.82) is 0 Å². The second kappa shape index (κ2) is 64.1. The second-order valence-electron chi connectivity index (χ2n) is 28.9. The smallest absolute Gasteiger partial charge is 0.220 e. The van der Waals surface area contributed by atoms with Crippen molar-refractivity contribution < 1.29 is 64.6 Å². The van der Waals surface area contributed by atoms with E-state index in [1.165, 1.54) is 327 Å². The van der Waals surface area contributed by atoms with E-state index in [1.807, 2.05) is 6.08 Å². The molecule has 2 aliphatic rings. The molecule has 0 aromatic carbocycles. The van der Waals surface area contributed by atoms with Gasteiger partial charge in [-0.05, 0) is 19.3 Å². The standard InChI is InChI=1S/C79H153NO13/c1-3-5-7-9-11-13-15-17-19-21-23-25-26-27-28-29-30-31-32-33-34-35-36-37-38-39-40-41-43-45-47-49-51-53-55-57-59-61-63-71(84)80-67(68(83)62-60-58-56-54-52-50-48-46-44-42-24-22-20-18-16-14-12-10-8-6-4-2)66-90-78-76(89)74(87)77(70(65-82)92-78)93-79-75(88)73(86)72(85)69(64-81)91-79/h60,62,67-70,72-79,81-83,85-89H,3-59,61,63-66H2,1-2H3,(H,80,84)/b62-60+. The summed E-state index contributed by atoms with van der Waals surface area (Å²) in [6.45, 7) is 2.87. The number of hydrogen-bond acceptors (Lipinski definition) is 13. The lowest BCUT2D eigenvalue weighted by Crippen LogP contribution is -2.65. The normalized spacial score (nSPS) is 22.5. The van der Waals surface area contributed by atoms with Gasteiger partial charge in [0.05, 0.1) is 32.0 Å². The Balaban J connectivity index is 1.57. The van der Waals surface area contributed by atoms with E-state index in [1.54, 1.807) is 6.08 Å². The van der Waals surface area contributed by atoms with Crippen molar-refractivity contribution in [3.63, 3.8) is 0 Å². The Kier molecular flexibility index (Phi) is 60.6. The Morgan fingerprint density at radius 1 is 0.376 bits per heavy atom.